The molecule has 0 aliphatic rings. The van der Waals surface area contributed by atoms with Crippen LogP contribution in [0.3, 0.4) is 0 Å². The molecule has 0 radical (unpaired) electrons. The summed E-state index contributed by atoms with van der Waals surface area (Å²) in [5, 5.41) is 19.5. The zero-order valence-corrected chi connectivity index (χ0v) is 15.5. The highest BCUT2D eigenvalue weighted by Gasteiger charge is 2.20. The van der Waals surface area contributed by atoms with Gasteiger partial charge in [0.25, 0.3) is 0 Å². The molecule has 132 valence electrons. The Morgan fingerprint density at radius 2 is 1.70 bits per heavy atom. The smallest absolute Gasteiger partial charge is 0.122 e. The van der Waals surface area contributed by atoms with Gasteiger partial charge in [-0.25, -0.2) is 0 Å². The van der Waals surface area contributed by atoms with E-state index < -0.39 is 12.2 Å². The largest absolute Gasteiger partial charge is 0.493 e. The minimum absolute atomic E-state index is 0.247. The zero-order valence-electron chi connectivity index (χ0n) is 15.5. The molecule has 2 N–H and O–H groups in total. The summed E-state index contributed by atoms with van der Waals surface area (Å²) in [5.41, 5.74) is 2.43. The predicted octanol–water partition coefficient (Wildman–Crippen LogP) is 4.47. The van der Waals surface area contributed by atoms with Crippen molar-refractivity contribution in [1.82, 2.24) is 0 Å². The molecule has 1 rings (SSSR count). The van der Waals surface area contributed by atoms with Gasteiger partial charge in [0.15, 0.2) is 0 Å². The standard InChI is InChI=1S/C20H34O3/c1-7-16(11-19(22)15(6)21)17-8-9-20(23-12-13(2)3)18(10-17)14(4)5/h8-10,13-16,19,21-22H,7,11-12H2,1-6H3. The average Bonchev–Trinajstić information content (AvgIpc) is 2.49. The lowest BCUT2D eigenvalue weighted by Gasteiger charge is -2.23. The Balaban J connectivity index is 3.00. The van der Waals surface area contributed by atoms with Crippen molar-refractivity contribution in [3.63, 3.8) is 0 Å². The van der Waals surface area contributed by atoms with Crippen LogP contribution in [-0.4, -0.2) is 29.0 Å². The second-order valence-corrected chi connectivity index (χ2v) is 7.31. The SMILES string of the molecule is CCC(CC(O)C(C)O)c1ccc(OCC(C)C)c(C(C)C)c1. The van der Waals surface area contributed by atoms with Gasteiger partial charge in [0, 0.05) is 0 Å². The van der Waals surface area contributed by atoms with Crippen LogP contribution in [0.4, 0.5) is 0 Å². The molecule has 3 heteroatoms. The molecule has 0 spiro atoms. The number of benzene rings is 1. The zero-order chi connectivity index (χ0) is 17.6. The number of aliphatic hydroxyl groups excluding tert-OH is 2. The average molecular weight is 322 g/mol. The molecule has 1 aromatic rings. The van der Waals surface area contributed by atoms with E-state index >= 15 is 0 Å². The Labute approximate surface area is 141 Å². The Bertz CT molecular complexity index is 466. The number of hydrogen-bond donors (Lipinski definition) is 2. The topological polar surface area (TPSA) is 49.7 Å². The Hall–Kier alpha value is -1.06. The van der Waals surface area contributed by atoms with Gasteiger partial charge in [-0.1, -0.05) is 46.8 Å². The van der Waals surface area contributed by atoms with Gasteiger partial charge in [-0.3, -0.25) is 0 Å². The van der Waals surface area contributed by atoms with Crippen molar-refractivity contribution in [1.29, 1.82) is 0 Å². The molecule has 0 heterocycles. The molecule has 0 saturated heterocycles. The fraction of sp³-hybridized carbons (Fsp3) is 0.700. The first-order valence-corrected chi connectivity index (χ1v) is 8.88. The van der Waals surface area contributed by atoms with Crippen LogP contribution in [0, 0.1) is 5.92 Å². The van der Waals surface area contributed by atoms with Gasteiger partial charge < -0.3 is 14.9 Å². The Kier molecular flexibility index (Phi) is 8.07. The predicted molar refractivity (Wildman–Crippen MR) is 96.2 cm³/mol. The first-order chi connectivity index (χ1) is 10.8. The van der Waals surface area contributed by atoms with E-state index in [9.17, 15) is 10.2 Å². The van der Waals surface area contributed by atoms with Crippen molar-refractivity contribution >= 4 is 0 Å². The second-order valence-electron chi connectivity index (χ2n) is 7.31. The summed E-state index contributed by atoms with van der Waals surface area (Å²) in [6.45, 7) is 13.1. The van der Waals surface area contributed by atoms with E-state index in [-0.39, 0.29) is 5.92 Å². The van der Waals surface area contributed by atoms with Crippen molar-refractivity contribution in [2.75, 3.05) is 6.61 Å². The molecule has 0 aliphatic carbocycles. The van der Waals surface area contributed by atoms with E-state index in [4.69, 9.17) is 4.74 Å². The van der Waals surface area contributed by atoms with E-state index in [2.05, 4.69) is 52.8 Å². The Morgan fingerprint density at radius 1 is 1.04 bits per heavy atom. The van der Waals surface area contributed by atoms with E-state index in [1.807, 2.05) is 0 Å². The maximum absolute atomic E-state index is 9.99. The molecule has 0 fully saturated rings. The fourth-order valence-corrected chi connectivity index (χ4v) is 2.69. The van der Waals surface area contributed by atoms with E-state index in [1.54, 1.807) is 6.92 Å². The van der Waals surface area contributed by atoms with Crippen LogP contribution in [-0.2, 0) is 0 Å². The molecule has 1 aromatic carbocycles. The third-order valence-corrected chi connectivity index (χ3v) is 4.28. The van der Waals surface area contributed by atoms with Crippen molar-refractivity contribution in [2.24, 2.45) is 5.92 Å². The first-order valence-electron chi connectivity index (χ1n) is 8.88. The minimum Gasteiger partial charge on any atom is -0.493 e. The van der Waals surface area contributed by atoms with Crippen molar-refractivity contribution in [3.05, 3.63) is 29.3 Å². The minimum atomic E-state index is -0.692. The van der Waals surface area contributed by atoms with Gasteiger partial charge in [-0.15, -0.1) is 0 Å². The summed E-state index contributed by atoms with van der Waals surface area (Å²) >= 11 is 0. The lowest BCUT2D eigenvalue weighted by Crippen LogP contribution is -2.24. The fourth-order valence-electron chi connectivity index (χ4n) is 2.69. The number of hydrogen-bond acceptors (Lipinski definition) is 3. The molecule has 23 heavy (non-hydrogen) atoms. The first kappa shape index (κ1) is 20.0. The molecule has 0 bridgehead atoms. The maximum Gasteiger partial charge on any atom is 0.122 e. The quantitative estimate of drug-likeness (QED) is 0.705. The monoisotopic (exact) mass is 322 g/mol. The summed E-state index contributed by atoms with van der Waals surface area (Å²) in [7, 11) is 0. The molecule has 0 saturated carbocycles. The molecule has 3 nitrogen and oxygen atoms in total. The van der Waals surface area contributed by atoms with Gasteiger partial charge in [-0.05, 0) is 54.7 Å². The molecule has 3 unspecified atom stereocenters. The van der Waals surface area contributed by atoms with Crippen molar-refractivity contribution < 1.29 is 14.9 Å². The molecule has 0 aliphatic heterocycles. The number of rotatable bonds is 9. The molecule has 0 amide bonds. The van der Waals surface area contributed by atoms with Gasteiger partial charge in [0.05, 0.1) is 18.8 Å². The van der Waals surface area contributed by atoms with Crippen LogP contribution in [0.15, 0.2) is 18.2 Å². The van der Waals surface area contributed by atoms with Gasteiger partial charge >= 0.3 is 0 Å². The number of ether oxygens (including phenoxy) is 1. The lowest BCUT2D eigenvalue weighted by atomic mass is 9.87. The summed E-state index contributed by atoms with van der Waals surface area (Å²) in [4.78, 5) is 0. The molecule has 0 aromatic heterocycles. The highest BCUT2D eigenvalue weighted by atomic mass is 16.5. The van der Waals surface area contributed by atoms with Crippen LogP contribution in [0.2, 0.25) is 0 Å². The third-order valence-electron chi connectivity index (χ3n) is 4.28. The molecular formula is C20H34O3. The Morgan fingerprint density at radius 3 is 2.17 bits per heavy atom. The summed E-state index contributed by atoms with van der Waals surface area (Å²) in [5.74, 6) is 2.09. The van der Waals surface area contributed by atoms with E-state index in [0.29, 0.717) is 18.3 Å². The van der Waals surface area contributed by atoms with Crippen LogP contribution in [0.25, 0.3) is 0 Å². The van der Waals surface area contributed by atoms with E-state index in [1.165, 1.54) is 11.1 Å². The van der Waals surface area contributed by atoms with Gasteiger partial charge in [-0.2, -0.15) is 0 Å². The summed E-state index contributed by atoms with van der Waals surface area (Å²) < 4.78 is 5.96. The van der Waals surface area contributed by atoms with Crippen LogP contribution < -0.4 is 4.74 Å². The van der Waals surface area contributed by atoms with Crippen molar-refractivity contribution in [3.8, 4) is 5.75 Å². The third kappa shape index (κ3) is 6.15. The summed E-state index contributed by atoms with van der Waals surface area (Å²) in [6.07, 6.45) is 0.146. The van der Waals surface area contributed by atoms with Crippen LogP contribution in [0.1, 0.15) is 77.3 Å². The van der Waals surface area contributed by atoms with Crippen LogP contribution >= 0.6 is 0 Å². The normalized spacial score (nSPS) is 15.7. The lowest BCUT2D eigenvalue weighted by molar-refractivity contribution is 0.0215. The van der Waals surface area contributed by atoms with Crippen molar-refractivity contribution in [2.45, 2.75) is 78.4 Å². The molecular weight excluding hydrogens is 288 g/mol. The van der Waals surface area contributed by atoms with Crippen LogP contribution in [0.5, 0.6) is 5.75 Å². The number of aliphatic hydroxyl groups is 2. The maximum atomic E-state index is 9.99. The molecule has 3 atom stereocenters. The van der Waals surface area contributed by atoms with E-state index in [0.717, 1.165) is 18.8 Å². The second kappa shape index (κ2) is 9.29. The highest BCUT2D eigenvalue weighted by molar-refractivity contribution is 5.40. The van der Waals surface area contributed by atoms with Gasteiger partial charge in [0.2, 0.25) is 0 Å². The van der Waals surface area contributed by atoms with Gasteiger partial charge in [0.1, 0.15) is 5.75 Å². The summed E-state index contributed by atoms with van der Waals surface area (Å²) in [6, 6.07) is 6.37. The highest BCUT2D eigenvalue weighted by Crippen LogP contribution is 2.33.